The highest BCUT2D eigenvalue weighted by Gasteiger charge is 2.30. The summed E-state index contributed by atoms with van der Waals surface area (Å²) in [6.45, 7) is 1.74. The maximum atomic E-state index is 12.7. The number of nitrogen functional groups attached to an aromatic ring is 1. The third-order valence-electron chi connectivity index (χ3n) is 4.39. The van der Waals surface area contributed by atoms with Crippen molar-refractivity contribution in [3.8, 4) is 5.75 Å². The van der Waals surface area contributed by atoms with Crippen molar-refractivity contribution in [3.63, 3.8) is 0 Å². The summed E-state index contributed by atoms with van der Waals surface area (Å²) >= 11 is 0. The number of likely N-dealkylation sites (tertiary alicyclic amines) is 1. The number of ether oxygens (including phenoxy) is 1. The second-order valence-corrected chi connectivity index (χ2v) is 6.06. The first-order valence-electron chi connectivity index (χ1n) is 8.20. The second kappa shape index (κ2) is 10.3. The quantitative estimate of drug-likeness (QED) is 0.754. The first-order valence-corrected chi connectivity index (χ1v) is 8.20. The number of nitrogens with two attached hydrogens (primary N) is 1. The molecule has 1 saturated heterocycles. The molecular formula is C19H25Cl2N3O2. The number of carbonyl (C=O) groups is 1. The Balaban J connectivity index is 0.00000169. The third-order valence-corrected chi connectivity index (χ3v) is 4.39. The SMILES string of the molecule is COc1ccc(NC(=O)C2CCCN2Cc2ccccc2)cc1N.Cl.Cl. The summed E-state index contributed by atoms with van der Waals surface area (Å²) in [6.07, 6.45) is 1.92. The summed E-state index contributed by atoms with van der Waals surface area (Å²) in [5, 5.41) is 2.98. The summed E-state index contributed by atoms with van der Waals surface area (Å²) in [6, 6.07) is 15.5. The maximum absolute atomic E-state index is 12.7. The van der Waals surface area contributed by atoms with Gasteiger partial charge in [-0.15, -0.1) is 24.8 Å². The zero-order valence-corrected chi connectivity index (χ0v) is 16.3. The van der Waals surface area contributed by atoms with E-state index in [0.29, 0.717) is 17.1 Å². The lowest BCUT2D eigenvalue weighted by Crippen LogP contribution is -2.39. The van der Waals surface area contributed by atoms with Crippen molar-refractivity contribution in [2.75, 3.05) is 24.7 Å². The molecule has 0 saturated carbocycles. The molecule has 1 atom stereocenters. The van der Waals surface area contributed by atoms with Gasteiger partial charge in [0, 0.05) is 12.2 Å². The van der Waals surface area contributed by atoms with Crippen LogP contribution >= 0.6 is 24.8 Å². The molecule has 0 aromatic heterocycles. The average molecular weight is 398 g/mol. The van der Waals surface area contributed by atoms with Gasteiger partial charge < -0.3 is 15.8 Å². The number of anilines is 2. The molecular weight excluding hydrogens is 373 g/mol. The Kier molecular flexibility index (Phi) is 8.72. The number of benzene rings is 2. The molecule has 142 valence electrons. The van der Waals surface area contributed by atoms with Crippen LogP contribution in [0.25, 0.3) is 0 Å². The Labute approximate surface area is 166 Å². The van der Waals surface area contributed by atoms with Gasteiger partial charge in [0.1, 0.15) is 5.75 Å². The van der Waals surface area contributed by atoms with Gasteiger partial charge in [-0.05, 0) is 43.1 Å². The van der Waals surface area contributed by atoms with E-state index < -0.39 is 0 Å². The van der Waals surface area contributed by atoms with Crippen LogP contribution in [0.2, 0.25) is 0 Å². The zero-order valence-electron chi connectivity index (χ0n) is 14.7. The monoisotopic (exact) mass is 397 g/mol. The first-order chi connectivity index (χ1) is 11.7. The van der Waals surface area contributed by atoms with Crippen LogP contribution in [-0.4, -0.2) is 30.5 Å². The van der Waals surface area contributed by atoms with E-state index in [4.69, 9.17) is 10.5 Å². The minimum Gasteiger partial charge on any atom is -0.495 e. The molecule has 1 aliphatic rings. The van der Waals surface area contributed by atoms with E-state index in [2.05, 4.69) is 22.3 Å². The Morgan fingerprint density at radius 3 is 2.62 bits per heavy atom. The van der Waals surface area contributed by atoms with Gasteiger partial charge in [0.15, 0.2) is 0 Å². The van der Waals surface area contributed by atoms with Crippen molar-refractivity contribution in [3.05, 3.63) is 54.1 Å². The molecule has 1 amide bonds. The summed E-state index contributed by atoms with van der Waals surface area (Å²) in [4.78, 5) is 14.9. The minimum atomic E-state index is -0.103. The van der Waals surface area contributed by atoms with E-state index in [-0.39, 0.29) is 36.8 Å². The predicted octanol–water partition coefficient (Wildman–Crippen LogP) is 3.72. The molecule has 7 heteroatoms. The van der Waals surface area contributed by atoms with Crippen LogP contribution in [-0.2, 0) is 11.3 Å². The van der Waals surface area contributed by atoms with Crippen molar-refractivity contribution < 1.29 is 9.53 Å². The van der Waals surface area contributed by atoms with Crippen LogP contribution in [0.1, 0.15) is 18.4 Å². The van der Waals surface area contributed by atoms with Gasteiger partial charge >= 0.3 is 0 Å². The molecule has 1 fully saturated rings. The molecule has 3 rings (SSSR count). The molecule has 0 bridgehead atoms. The number of nitrogens with zero attached hydrogens (tertiary/aromatic N) is 1. The highest BCUT2D eigenvalue weighted by molar-refractivity contribution is 5.95. The summed E-state index contributed by atoms with van der Waals surface area (Å²) < 4.78 is 5.14. The summed E-state index contributed by atoms with van der Waals surface area (Å²) in [7, 11) is 1.57. The van der Waals surface area contributed by atoms with E-state index in [0.717, 1.165) is 25.9 Å². The normalized spacial score (nSPS) is 16.3. The predicted molar refractivity (Wildman–Crippen MR) is 110 cm³/mol. The van der Waals surface area contributed by atoms with Crippen molar-refractivity contribution in [2.45, 2.75) is 25.4 Å². The molecule has 0 aliphatic carbocycles. The van der Waals surface area contributed by atoms with E-state index in [1.807, 2.05) is 24.3 Å². The smallest absolute Gasteiger partial charge is 0.241 e. The molecule has 2 aromatic carbocycles. The number of methoxy groups -OCH3 is 1. The first kappa shape index (κ1) is 22.1. The Morgan fingerprint density at radius 2 is 1.96 bits per heavy atom. The average Bonchev–Trinajstić information content (AvgIpc) is 3.04. The minimum absolute atomic E-state index is 0. The molecule has 26 heavy (non-hydrogen) atoms. The van der Waals surface area contributed by atoms with Crippen molar-refractivity contribution in [1.82, 2.24) is 4.90 Å². The molecule has 3 N–H and O–H groups in total. The number of amides is 1. The van der Waals surface area contributed by atoms with E-state index >= 15 is 0 Å². The Bertz CT molecular complexity index is 713. The van der Waals surface area contributed by atoms with Crippen LogP contribution in [0.4, 0.5) is 11.4 Å². The highest BCUT2D eigenvalue weighted by Crippen LogP contribution is 2.26. The Hall–Kier alpha value is -1.95. The highest BCUT2D eigenvalue weighted by atomic mass is 35.5. The van der Waals surface area contributed by atoms with E-state index in [1.165, 1.54) is 5.56 Å². The summed E-state index contributed by atoms with van der Waals surface area (Å²) in [5.41, 5.74) is 8.35. The number of hydrogen-bond acceptors (Lipinski definition) is 4. The lowest BCUT2D eigenvalue weighted by atomic mass is 10.1. The van der Waals surface area contributed by atoms with Gasteiger partial charge in [-0.3, -0.25) is 9.69 Å². The van der Waals surface area contributed by atoms with Gasteiger partial charge in [-0.2, -0.15) is 0 Å². The van der Waals surface area contributed by atoms with Gasteiger partial charge in [0.25, 0.3) is 0 Å². The zero-order chi connectivity index (χ0) is 16.9. The van der Waals surface area contributed by atoms with Crippen LogP contribution in [0.3, 0.4) is 0 Å². The van der Waals surface area contributed by atoms with Gasteiger partial charge in [0.05, 0.1) is 18.8 Å². The molecule has 5 nitrogen and oxygen atoms in total. The number of halogens is 2. The fourth-order valence-corrected chi connectivity index (χ4v) is 3.17. The third kappa shape index (κ3) is 5.27. The maximum Gasteiger partial charge on any atom is 0.241 e. The number of rotatable bonds is 5. The van der Waals surface area contributed by atoms with Crippen molar-refractivity contribution in [1.29, 1.82) is 0 Å². The number of nitrogens with one attached hydrogen (secondary N) is 1. The fourth-order valence-electron chi connectivity index (χ4n) is 3.17. The standard InChI is InChI=1S/C19H23N3O2.2ClH/c1-24-18-10-9-15(12-16(18)20)21-19(23)17-8-5-11-22(17)13-14-6-3-2-4-7-14;;/h2-4,6-7,9-10,12,17H,5,8,11,13,20H2,1H3,(H,21,23);2*1H. The molecule has 2 aromatic rings. The van der Waals surface area contributed by atoms with Crippen LogP contribution < -0.4 is 15.8 Å². The van der Waals surface area contributed by atoms with E-state index in [1.54, 1.807) is 19.2 Å². The topological polar surface area (TPSA) is 67.6 Å². The number of carbonyl (C=O) groups excluding carboxylic acids is 1. The van der Waals surface area contributed by atoms with Crippen molar-refractivity contribution >= 4 is 42.1 Å². The van der Waals surface area contributed by atoms with Crippen LogP contribution in [0, 0.1) is 0 Å². The molecule has 1 aliphatic heterocycles. The fraction of sp³-hybridized carbons (Fsp3) is 0.316. The van der Waals surface area contributed by atoms with Crippen molar-refractivity contribution in [2.24, 2.45) is 0 Å². The van der Waals surface area contributed by atoms with Gasteiger partial charge in [0.2, 0.25) is 5.91 Å². The lowest BCUT2D eigenvalue weighted by Gasteiger charge is -2.23. The van der Waals surface area contributed by atoms with Gasteiger partial charge in [-0.1, -0.05) is 30.3 Å². The van der Waals surface area contributed by atoms with Gasteiger partial charge in [-0.25, -0.2) is 0 Å². The molecule has 0 spiro atoms. The number of hydrogen-bond donors (Lipinski definition) is 2. The largest absolute Gasteiger partial charge is 0.495 e. The second-order valence-electron chi connectivity index (χ2n) is 6.06. The molecule has 1 heterocycles. The molecule has 1 unspecified atom stereocenters. The van der Waals surface area contributed by atoms with E-state index in [9.17, 15) is 4.79 Å². The Morgan fingerprint density at radius 1 is 1.23 bits per heavy atom. The lowest BCUT2D eigenvalue weighted by molar-refractivity contribution is -0.120. The summed E-state index contributed by atoms with van der Waals surface area (Å²) in [5.74, 6) is 0.632. The van der Waals surface area contributed by atoms with Crippen LogP contribution in [0.5, 0.6) is 5.75 Å². The molecule has 0 radical (unpaired) electrons. The van der Waals surface area contributed by atoms with Crippen LogP contribution in [0.15, 0.2) is 48.5 Å².